The van der Waals surface area contributed by atoms with Gasteiger partial charge >= 0.3 is 6.03 Å². The van der Waals surface area contributed by atoms with E-state index in [0.717, 1.165) is 25.4 Å². The number of amides is 2. The first kappa shape index (κ1) is 16.2. The van der Waals surface area contributed by atoms with Crippen molar-refractivity contribution in [2.75, 3.05) is 26.2 Å². The van der Waals surface area contributed by atoms with Crippen LogP contribution in [0.5, 0.6) is 0 Å². The Morgan fingerprint density at radius 2 is 2.05 bits per heavy atom. The van der Waals surface area contributed by atoms with E-state index in [1.807, 2.05) is 6.92 Å². The summed E-state index contributed by atoms with van der Waals surface area (Å²) >= 11 is 0. The van der Waals surface area contributed by atoms with Crippen LogP contribution in [0.15, 0.2) is 0 Å². The van der Waals surface area contributed by atoms with Crippen LogP contribution in [0.4, 0.5) is 4.79 Å². The topological polar surface area (TPSA) is 64.6 Å². The Kier molecular flexibility index (Phi) is 7.16. The normalized spacial score (nSPS) is 20.8. The zero-order valence-corrected chi connectivity index (χ0v) is 12.5. The van der Waals surface area contributed by atoms with Crippen LogP contribution in [0.3, 0.4) is 0 Å². The number of aliphatic hydroxyl groups is 1. The van der Waals surface area contributed by atoms with Crippen LogP contribution in [0.1, 0.15) is 40.0 Å². The van der Waals surface area contributed by atoms with Gasteiger partial charge in [-0.1, -0.05) is 13.8 Å². The number of nitrogens with zero attached hydrogens (tertiary/aromatic N) is 1. The molecule has 1 saturated heterocycles. The van der Waals surface area contributed by atoms with Crippen LogP contribution in [0.2, 0.25) is 0 Å². The lowest BCUT2D eigenvalue weighted by atomic mass is 9.98. The summed E-state index contributed by atoms with van der Waals surface area (Å²) in [5, 5.41) is 14.7. The van der Waals surface area contributed by atoms with Crippen molar-refractivity contribution in [3.8, 4) is 0 Å². The lowest BCUT2D eigenvalue weighted by Gasteiger charge is -2.35. The molecule has 0 radical (unpaired) electrons. The minimum Gasteiger partial charge on any atom is -0.394 e. The molecule has 0 aromatic heterocycles. The number of urea groups is 1. The standard InChI is InChI=1S/C14H29N3O2/c1-4-13(10-18)16-14(19)15-9-12(3)17-7-5-11(2)6-8-17/h11-13,18H,4-10H2,1-3H3,(H2,15,16,19). The van der Waals surface area contributed by atoms with Gasteiger partial charge in [0.25, 0.3) is 0 Å². The fourth-order valence-corrected chi connectivity index (χ4v) is 2.35. The Labute approximate surface area is 116 Å². The van der Waals surface area contributed by atoms with Gasteiger partial charge < -0.3 is 15.7 Å². The van der Waals surface area contributed by atoms with Crippen molar-refractivity contribution < 1.29 is 9.90 Å². The second kappa shape index (κ2) is 8.38. The highest BCUT2D eigenvalue weighted by atomic mass is 16.3. The minimum atomic E-state index is -0.182. The third-order valence-corrected chi connectivity index (χ3v) is 4.05. The number of hydrogen-bond donors (Lipinski definition) is 3. The monoisotopic (exact) mass is 271 g/mol. The summed E-state index contributed by atoms with van der Waals surface area (Å²) in [6, 6.07) is 0.0386. The highest BCUT2D eigenvalue weighted by Gasteiger charge is 2.20. The molecule has 112 valence electrons. The number of carbonyl (C=O) groups excluding carboxylic acids is 1. The Hall–Kier alpha value is -0.810. The molecule has 0 bridgehead atoms. The lowest BCUT2D eigenvalue weighted by Crippen LogP contribution is -2.49. The number of piperidine rings is 1. The summed E-state index contributed by atoms with van der Waals surface area (Å²) < 4.78 is 0. The second-order valence-electron chi connectivity index (χ2n) is 5.71. The highest BCUT2D eigenvalue weighted by molar-refractivity contribution is 5.74. The van der Waals surface area contributed by atoms with Gasteiger partial charge in [0.1, 0.15) is 0 Å². The Morgan fingerprint density at radius 3 is 2.58 bits per heavy atom. The van der Waals surface area contributed by atoms with Gasteiger partial charge in [0.05, 0.1) is 12.6 Å². The van der Waals surface area contributed by atoms with Crippen LogP contribution >= 0.6 is 0 Å². The van der Waals surface area contributed by atoms with Crippen molar-refractivity contribution in [2.24, 2.45) is 5.92 Å². The molecule has 3 N–H and O–H groups in total. The van der Waals surface area contributed by atoms with E-state index < -0.39 is 0 Å². The molecule has 1 heterocycles. The largest absolute Gasteiger partial charge is 0.394 e. The second-order valence-corrected chi connectivity index (χ2v) is 5.71. The summed E-state index contributed by atoms with van der Waals surface area (Å²) in [5.74, 6) is 0.828. The number of carbonyl (C=O) groups is 1. The van der Waals surface area contributed by atoms with Gasteiger partial charge in [-0.15, -0.1) is 0 Å². The molecule has 2 atom stereocenters. The van der Waals surface area contributed by atoms with Crippen LogP contribution in [0.25, 0.3) is 0 Å². The predicted octanol–water partition coefficient (Wildman–Crippen LogP) is 1.18. The summed E-state index contributed by atoms with van der Waals surface area (Å²) in [7, 11) is 0. The number of hydrogen-bond acceptors (Lipinski definition) is 3. The maximum Gasteiger partial charge on any atom is 0.315 e. The quantitative estimate of drug-likeness (QED) is 0.679. The van der Waals surface area contributed by atoms with Crippen molar-refractivity contribution >= 4 is 6.03 Å². The number of aliphatic hydroxyl groups excluding tert-OH is 1. The van der Waals surface area contributed by atoms with E-state index in [0.29, 0.717) is 12.6 Å². The SMILES string of the molecule is CCC(CO)NC(=O)NCC(C)N1CCC(C)CC1. The molecule has 2 amide bonds. The average Bonchev–Trinajstić information content (AvgIpc) is 2.43. The van der Waals surface area contributed by atoms with Gasteiger partial charge in [0.15, 0.2) is 0 Å². The Bertz CT molecular complexity index is 261. The van der Waals surface area contributed by atoms with E-state index in [4.69, 9.17) is 5.11 Å². The molecule has 1 aliphatic rings. The van der Waals surface area contributed by atoms with Gasteiger partial charge in [-0.25, -0.2) is 4.79 Å². The molecule has 0 aliphatic carbocycles. The van der Waals surface area contributed by atoms with Gasteiger partial charge in [0, 0.05) is 12.6 Å². The molecule has 0 spiro atoms. The zero-order valence-electron chi connectivity index (χ0n) is 12.5. The van der Waals surface area contributed by atoms with Crippen LogP contribution in [0, 0.1) is 5.92 Å². The van der Waals surface area contributed by atoms with Gasteiger partial charge in [-0.2, -0.15) is 0 Å². The molecular formula is C14H29N3O2. The molecule has 1 aliphatic heterocycles. The molecule has 1 rings (SSSR count). The van der Waals surface area contributed by atoms with E-state index in [-0.39, 0.29) is 18.7 Å². The molecule has 2 unspecified atom stereocenters. The predicted molar refractivity (Wildman–Crippen MR) is 77.1 cm³/mol. The minimum absolute atomic E-state index is 0.0104. The van der Waals surface area contributed by atoms with Crippen LogP contribution in [-0.4, -0.2) is 54.4 Å². The third-order valence-electron chi connectivity index (χ3n) is 4.05. The molecular weight excluding hydrogens is 242 g/mol. The molecule has 0 aromatic carbocycles. The lowest BCUT2D eigenvalue weighted by molar-refractivity contribution is 0.144. The molecule has 0 aromatic rings. The summed E-state index contributed by atoms with van der Waals surface area (Å²) in [6.07, 6.45) is 3.24. The highest BCUT2D eigenvalue weighted by Crippen LogP contribution is 2.17. The van der Waals surface area contributed by atoms with Crippen molar-refractivity contribution in [3.63, 3.8) is 0 Å². The van der Waals surface area contributed by atoms with Crippen molar-refractivity contribution in [2.45, 2.75) is 52.1 Å². The van der Waals surface area contributed by atoms with E-state index >= 15 is 0 Å². The smallest absolute Gasteiger partial charge is 0.315 e. The van der Waals surface area contributed by atoms with Gasteiger partial charge in [-0.05, 0) is 45.2 Å². The number of rotatable bonds is 6. The molecule has 0 saturated carbocycles. The third kappa shape index (κ3) is 5.78. The van der Waals surface area contributed by atoms with Crippen LogP contribution < -0.4 is 10.6 Å². The first-order chi connectivity index (χ1) is 9.06. The summed E-state index contributed by atoms with van der Waals surface area (Å²) in [6.45, 7) is 9.29. The number of nitrogens with one attached hydrogen (secondary N) is 2. The van der Waals surface area contributed by atoms with Crippen molar-refractivity contribution in [1.29, 1.82) is 0 Å². The van der Waals surface area contributed by atoms with Crippen molar-refractivity contribution in [1.82, 2.24) is 15.5 Å². The van der Waals surface area contributed by atoms with E-state index in [9.17, 15) is 4.79 Å². The average molecular weight is 271 g/mol. The van der Waals surface area contributed by atoms with E-state index in [1.165, 1.54) is 12.8 Å². The van der Waals surface area contributed by atoms with E-state index in [2.05, 4.69) is 29.4 Å². The first-order valence-electron chi connectivity index (χ1n) is 7.46. The van der Waals surface area contributed by atoms with Crippen molar-refractivity contribution in [3.05, 3.63) is 0 Å². The molecule has 5 nitrogen and oxygen atoms in total. The first-order valence-corrected chi connectivity index (χ1v) is 7.46. The Balaban J connectivity index is 2.22. The molecule has 5 heteroatoms. The maximum absolute atomic E-state index is 11.7. The fourth-order valence-electron chi connectivity index (χ4n) is 2.35. The van der Waals surface area contributed by atoms with Gasteiger partial charge in [0.2, 0.25) is 0 Å². The molecule has 1 fully saturated rings. The van der Waals surface area contributed by atoms with Crippen LogP contribution in [-0.2, 0) is 0 Å². The summed E-state index contributed by atoms with van der Waals surface area (Å²) in [4.78, 5) is 14.1. The Morgan fingerprint density at radius 1 is 1.42 bits per heavy atom. The zero-order chi connectivity index (χ0) is 14.3. The van der Waals surface area contributed by atoms with Gasteiger partial charge in [-0.3, -0.25) is 4.90 Å². The summed E-state index contributed by atoms with van der Waals surface area (Å²) in [5.41, 5.74) is 0. The fraction of sp³-hybridized carbons (Fsp3) is 0.929. The maximum atomic E-state index is 11.7. The molecule has 19 heavy (non-hydrogen) atoms. The van der Waals surface area contributed by atoms with E-state index in [1.54, 1.807) is 0 Å². The number of likely N-dealkylation sites (tertiary alicyclic amines) is 1.